The van der Waals surface area contributed by atoms with Gasteiger partial charge in [-0.15, -0.1) is 0 Å². The summed E-state index contributed by atoms with van der Waals surface area (Å²) < 4.78 is 27.2. The fourth-order valence-electron chi connectivity index (χ4n) is 3.10. The Morgan fingerprint density at radius 3 is 2.44 bits per heavy atom. The van der Waals surface area contributed by atoms with Crippen LogP contribution in [0.25, 0.3) is 5.69 Å². The zero-order chi connectivity index (χ0) is 17.7. The average molecular weight is 354 g/mol. The van der Waals surface area contributed by atoms with Gasteiger partial charge in [0.1, 0.15) is 10.6 Å². The van der Waals surface area contributed by atoms with Gasteiger partial charge in [0.25, 0.3) is 0 Å². The molecule has 1 aliphatic rings. The summed E-state index contributed by atoms with van der Waals surface area (Å²) in [4.78, 5) is 9.02. The van der Waals surface area contributed by atoms with Crippen LogP contribution in [0.1, 0.15) is 30.2 Å². The summed E-state index contributed by atoms with van der Waals surface area (Å²) in [6.07, 6.45) is 2.79. The molecule has 0 amide bonds. The first-order chi connectivity index (χ1) is 11.9. The van der Waals surface area contributed by atoms with Crippen LogP contribution in [-0.4, -0.2) is 28.2 Å². The Kier molecular flexibility index (Phi) is 3.50. The highest BCUT2D eigenvalue weighted by atomic mass is 32.2. The maximum absolute atomic E-state index is 13.3. The lowest BCUT2D eigenvalue weighted by Gasteiger charge is -2.17. The van der Waals surface area contributed by atoms with Crippen molar-refractivity contribution in [1.82, 2.24) is 19.7 Å². The Labute approximate surface area is 146 Å². The van der Waals surface area contributed by atoms with E-state index in [0.717, 1.165) is 11.4 Å². The number of hydrogen-bond acceptors (Lipinski definition) is 5. The molecule has 2 aromatic heterocycles. The van der Waals surface area contributed by atoms with Crippen molar-refractivity contribution in [2.45, 2.75) is 36.3 Å². The lowest BCUT2D eigenvalue weighted by molar-refractivity contribution is 0.572. The van der Waals surface area contributed by atoms with Crippen LogP contribution < -0.4 is 0 Å². The van der Waals surface area contributed by atoms with Gasteiger partial charge in [-0.25, -0.2) is 18.1 Å². The van der Waals surface area contributed by atoms with Crippen LogP contribution >= 0.6 is 0 Å². The molecule has 0 radical (unpaired) electrons. The molecule has 0 N–H and O–H groups in total. The van der Waals surface area contributed by atoms with Gasteiger partial charge in [0.15, 0.2) is 15.7 Å². The first kappa shape index (κ1) is 16.0. The van der Waals surface area contributed by atoms with E-state index in [2.05, 4.69) is 15.1 Å². The number of aromatic nitrogens is 4. The predicted octanol–water partition coefficient (Wildman–Crippen LogP) is 2.74. The summed E-state index contributed by atoms with van der Waals surface area (Å²) >= 11 is 0. The topological polar surface area (TPSA) is 77.7 Å². The van der Waals surface area contributed by atoms with Gasteiger partial charge in [0, 0.05) is 11.9 Å². The lowest BCUT2D eigenvalue weighted by Crippen LogP contribution is -2.25. The third-order valence-corrected chi connectivity index (χ3v) is 7.03. The summed E-state index contributed by atoms with van der Waals surface area (Å²) in [5.74, 6) is 1.04. The molecule has 6 nitrogen and oxygen atoms in total. The van der Waals surface area contributed by atoms with Crippen molar-refractivity contribution in [2.24, 2.45) is 0 Å². The van der Waals surface area contributed by atoms with Crippen molar-refractivity contribution >= 4 is 9.84 Å². The molecule has 1 aliphatic carbocycles. The Morgan fingerprint density at radius 2 is 1.80 bits per heavy atom. The molecule has 0 saturated heterocycles. The molecule has 1 fully saturated rings. The van der Waals surface area contributed by atoms with Gasteiger partial charge < -0.3 is 0 Å². The predicted molar refractivity (Wildman–Crippen MR) is 93.2 cm³/mol. The maximum atomic E-state index is 13.3. The molecule has 4 rings (SSSR count). The largest absolute Gasteiger partial charge is 0.261 e. The van der Waals surface area contributed by atoms with E-state index < -0.39 is 14.6 Å². The highest BCUT2D eigenvalue weighted by Gasteiger charge is 2.60. The fraction of sp³-hybridized carbons (Fsp3) is 0.278. The van der Waals surface area contributed by atoms with Crippen LogP contribution in [0.2, 0.25) is 0 Å². The molecular formula is C18H18N4O2S. The molecule has 0 bridgehead atoms. The summed E-state index contributed by atoms with van der Waals surface area (Å²) in [5.41, 5.74) is 1.62. The van der Waals surface area contributed by atoms with E-state index in [9.17, 15) is 8.42 Å². The van der Waals surface area contributed by atoms with Crippen molar-refractivity contribution in [3.63, 3.8) is 0 Å². The minimum Gasteiger partial charge on any atom is -0.261 e. The van der Waals surface area contributed by atoms with E-state index in [1.54, 1.807) is 42.1 Å². The molecule has 1 saturated carbocycles. The van der Waals surface area contributed by atoms with Crippen LogP contribution in [0.4, 0.5) is 0 Å². The van der Waals surface area contributed by atoms with E-state index in [4.69, 9.17) is 0 Å². The van der Waals surface area contributed by atoms with Crippen LogP contribution in [0.15, 0.2) is 53.6 Å². The normalized spacial score (nSPS) is 15.9. The standard InChI is InChI=1S/C18H18N4O2S/c1-13-12-15(8-11-19-13)22-17(20-14(2)21-22)18(9-10-18)25(23,24)16-6-4-3-5-7-16/h3-8,11-12H,9-10H2,1-2H3. The molecule has 3 aromatic rings. The number of pyridine rings is 1. The second-order valence-electron chi connectivity index (χ2n) is 6.36. The Bertz CT molecular complexity index is 1040. The molecule has 0 unspecified atom stereocenters. The second kappa shape index (κ2) is 5.49. The van der Waals surface area contributed by atoms with Crippen LogP contribution in [0.5, 0.6) is 0 Å². The molecule has 1 aromatic carbocycles. The molecular weight excluding hydrogens is 336 g/mol. The quantitative estimate of drug-likeness (QED) is 0.720. The highest BCUT2D eigenvalue weighted by Crippen LogP contribution is 2.54. The first-order valence-corrected chi connectivity index (χ1v) is 9.59. The average Bonchev–Trinajstić information content (AvgIpc) is 3.33. The molecule has 7 heteroatoms. The Hall–Kier alpha value is -2.54. The molecule has 0 aliphatic heterocycles. The zero-order valence-electron chi connectivity index (χ0n) is 14.0. The van der Waals surface area contributed by atoms with E-state index in [1.807, 2.05) is 25.1 Å². The van der Waals surface area contributed by atoms with Crippen molar-refractivity contribution < 1.29 is 8.42 Å². The van der Waals surface area contributed by atoms with Crippen LogP contribution in [0, 0.1) is 13.8 Å². The number of rotatable bonds is 4. The van der Waals surface area contributed by atoms with Gasteiger partial charge >= 0.3 is 0 Å². The van der Waals surface area contributed by atoms with Gasteiger partial charge in [-0.3, -0.25) is 4.98 Å². The molecule has 2 heterocycles. The number of hydrogen-bond donors (Lipinski definition) is 0. The first-order valence-electron chi connectivity index (χ1n) is 8.11. The van der Waals surface area contributed by atoms with Gasteiger partial charge in [0.05, 0.1) is 10.6 Å². The highest BCUT2D eigenvalue weighted by molar-refractivity contribution is 7.92. The zero-order valence-corrected chi connectivity index (χ0v) is 14.9. The fourth-order valence-corrected chi connectivity index (χ4v) is 5.08. The van der Waals surface area contributed by atoms with Gasteiger partial charge in [0.2, 0.25) is 0 Å². The summed E-state index contributed by atoms with van der Waals surface area (Å²) in [5, 5.41) is 4.45. The molecule has 128 valence electrons. The van der Waals surface area contributed by atoms with Crippen LogP contribution in [-0.2, 0) is 14.6 Å². The third kappa shape index (κ3) is 2.46. The van der Waals surface area contributed by atoms with E-state index in [0.29, 0.717) is 29.4 Å². The Balaban J connectivity index is 1.89. The van der Waals surface area contributed by atoms with Gasteiger partial charge in [-0.2, -0.15) is 5.10 Å². The second-order valence-corrected chi connectivity index (χ2v) is 8.62. The van der Waals surface area contributed by atoms with Crippen LogP contribution in [0.3, 0.4) is 0 Å². The summed E-state index contributed by atoms with van der Waals surface area (Å²) in [7, 11) is -3.55. The molecule has 0 spiro atoms. The minimum absolute atomic E-state index is 0.325. The van der Waals surface area contributed by atoms with Gasteiger partial charge in [-0.05, 0) is 51.0 Å². The van der Waals surface area contributed by atoms with Crippen molar-refractivity contribution in [2.75, 3.05) is 0 Å². The van der Waals surface area contributed by atoms with Crippen molar-refractivity contribution in [1.29, 1.82) is 0 Å². The summed E-state index contributed by atoms with van der Waals surface area (Å²) in [6, 6.07) is 12.3. The maximum Gasteiger partial charge on any atom is 0.191 e. The van der Waals surface area contributed by atoms with Crippen molar-refractivity contribution in [3.05, 3.63) is 66.0 Å². The van der Waals surface area contributed by atoms with E-state index in [-0.39, 0.29) is 0 Å². The number of aryl methyl sites for hydroxylation is 2. The number of nitrogens with zero attached hydrogens (tertiary/aromatic N) is 4. The van der Waals surface area contributed by atoms with E-state index >= 15 is 0 Å². The smallest absolute Gasteiger partial charge is 0.191 e. The summed E-state index contributed by atoms with van der Waals surface area (Å²) in [6.45, 7) is 3.67. The lowest BCUT2D eigenvalue weighted by atomic mass is 10.3. The van der Waals surface area contributed by atoms with Gasteiger partial charge in [-0.1, -0.05) is 18.2 Å². The Morgan fingerprint density at radius 1 is 1.08 bits per heavy atom. The monoisotopic (exact) mass is 354 g/mol. The SMILES string of the molecule is Cc1cc(-n2nc(C)nc2C2(S(=O)(=O)c3ccccc3)CC2)ccn1. The third-order valence-electron chi connectivity index (χ3n) is 4.52. The molecule has 25 heavy (non-hydrogen) atoms. The number of benzene rings is 1. The number of sulfone groups is 1. The van der Waals surface area contributed by atoms with E-state index in [1.165, 1.54) is 0 Å². The van der Waals surface area contributed by atoms with Crippen molar-refractivity contribution in [3.8, 4) is 5.69 Å². The molecule has 0 atom stereocenters. The minimum atomic E-state index is -3.55.